The van der Waals surface area contributed by atoms with Gasteiger partial charge in [0, 0.05) is 12.3 Å². The van der Waals surface area contributed by atoms with Gasteiger partial charge in [0.15, 0.2) is 0 Å². The Morgan fingerprint density at radius 1 is 1.33 bits per heavy atom. The van der Waals surface area contributed by atoms with Gasteiger partial charge in [-0.1, -0.05) is 0 Å². The summed E-state index contributed by atoms with van der Waals surface area (Å²) < 4.78 is 0. The first-order valence-electron chi connectivity index (χ1n) is 4.14. The van der Waals surface area contributed by atoms with Crippen molar-refractivity contribution in [1.82, 2.24) is 15.3 Å². The first-order valence-corrected chi connectivity index (χ1v) is 4.67. The van der Waals surface area contributed by atoms with Gasteiger partial charge in [-0.2, -0.15) is 0 Å². The molecule has 1 aromatic rings. The third kappa shape index (κ3) is 4.37. The van der Waals surface area contributed by atoms with Crippen molar-refractivity contribution >= 4 is 29.2 Å². The second-order valence-corrected chi connectivity index (χ2v) is 2.95. The molecule has 7 heteroatoms. The first kappa shape index (κ1) is 11.4. The van der Waals surface area contributed by atoms with Crippen LogP contribution in [0.15, 0.2) is 18.7 Å². The second kappa shape index (κ2) is 5.92. The van der Waals surface area contributed by atoms with Crippen molar-refractivity contribution < 1.29 is 9.59 Å². The van der Waals surface area contributed by atoms with Gasteiger partial charge < -0.3 is 5.32 Å². The van der Waals surface area contributed by atoms with E-state index in [1.54, 1.807) is 0 Å². The number of carbonyl (C=O) groups is 2. The van der Waals surface area contributed by atoms with Crippen LogP contribution in [0.4, 0.5) is 10.5 Å². The monoisotopic (exact) mass is 228 g/mol. The van der Waals surface area contributed by atoms with Crippen LogP contribution in [0.1, 0.15) is 6.42 Å². The quantitative estimate of drug-likeness (QED) is 0.748. The predicted octanol–water partition coefficient (Wildman–Crippen LogP) is 0.754. The van der Waals surface area contributed by atoms with Gasteiger partial charge >= 0.3 is 6.03 Å². The number of nitrogens with one attached hydrogen (secondary N) is 2. The molecule has 0 bridgehead atoms. The fourth-order valence-electron chi connectivity index (χ4n) is 0.801. The van der Waals surface area contributed by atoms with Crippen LogP contribution in [0.5, 0.6) is 0 Å². The van der Waals surface area contributed by atoms with Crippen LogP contribution < -0.4 is 10.6 Å². The Kier molecular flexibility index (Phi) is 4.49. The van der Waals surface area contributed by atoms with Gasteiger partial charge in [-0.25, -0.2) is 14.8 Å². The van der Waals surface area contributed by atoms with Crippen molar-refractivity contribution in [3.63, 3.8) is 0 Å². The second-order valence-electron chi connectivity index (χ2n) is 2.57. The van der Waals surface area contributed by atoms with E-state index in [4.69, 9.17) is 11.6 Å². The van der Waals surface area contributed by atoms with Crippen LogP contribution in [0, 0.1) is 0 Å². The number of rotatable bonds is 3. The number of anilines is 1. The van der Waals surface area contributed by atoms with Crippen LogP contribution in [0.3, 0.4) is 0 Å². The Morgan fingerprint density at radius 3 is 2.60 bits per heavy atom. The molecule has 6 nitrogen and oxygen atoms in total. The molecule has 2 N–H and O–H groups in total. The topological polar surface area (TPSA) is 84.0 Å². The number of aromatic nitrogens is 2. The number of imide groups is 1. The number of hydrogen-bond donors (Lipinski definition) is 2. The Bertz CT molecular complexity index is 344. The number of halogens is 1. The molecule has 80 valence electrons. The molecule has 0 fully saturated rings. The lowest BCUT2D eigenvalue weighted by Gasteiger charge is -2.04. The van der Waals surface area contributed by atoms with Gasteiger partial charge in [0.1, 0.15) is 6.33 Å². The summed E-state index contributed by atoms with van der Waals surface area (Å²) in [5.74, 6) is -0.257. The van der Waals surface area contributed by atoms with E-state index >= 15 is 0 Å². The molecule has 0 aromatic carbocycles. The average molecular weight is 229 g/mol. The summed E-state index contributed by atoms with van der Waals surface area (Å²) in [6, 6.07) is -0.625. The molecular formula is C8H9ClN4O2. The summed E-state index contributed by atoms with van der Waals surface area (Å²) in [4.78, 5) is 29.5. The smallest absolute Gasteiger partial charge is 0.305 e. The van der Waals surface area contributed by atoms with Gasteiger partial charge in [-0.05, 0) is 0 Å². The number of amides is 3. The SMILES string of the molecule is O=C(CCCl)NC(=O)Nc1cncnc1. The number of nitrogens with zero attached hydrogens (tertiary/aromatic N) is 2. The molecule has 3 amide bonds. The van der Waals surface area contributed by atoms with Crippen LogP contribution in [0.2, 0.25) is 0 Å². The highest BCUT2D eigenvalue weighted by Crippen LogP contribution is 1.99. The van der Waals surface area contributed by atoms with Crippen molar-refractivity contribution in [3.05, 3.63) is 18.7 Å². The Hall–Kier alpha value is -1.69. The summed E-state index contributed by atoms with van der Waals surface area (Å²) in [7, 11) is 0. The fourth-order valence-corrected chi connectivity index (χ4v) is 0.973. The zero-order chi connectivity index (χ0) is 11.1. The van der Waals surface area contributed by atoms with Crippen LogP contribution in [0.25, 0.3) is 0 Å². The third-order valence-electron chi connectivity index (χ3n) is 1.39. The van der Waals surface area contributed by atoms with E-state index in [1.807, 2.05) is 0 Å². The Labute approximate surface area is 91.1 Å². The van der Waals surface area contributed by atoms with E-state index in [0.29, 0.717) is 5.69 Å². The summed E-state index contributed by atoms with van der Waals surface area (Å²) in [6.45, 7) is 0. The van der Waals surface area contributed by atoms with Crippen molar-refractivity contribution in [3.8, 4) is 0 Å². The van der Waals surface area contributed by atoms with E-state index in [0.717, 1.165) is 0 Å². The Balaban J connectivity index is 2.40. The molecule has 0 saturated carbocycles. The van der Waals surface area contributed by atoms with Crippen molar-refractivity contribution in [2.75, 3.05) is 11.2 Å². The van der Waals surface area contributed by atoms with Gasteiger partial charge in [-0.15, -0.1) is 11.6 Å². The maximum atomic E-state index is 11.2. The molecule has 0 unspecified atom stereocenters. The van der Waals surface area contributed by atoms with Crippen molar-refractivity contribution in [1.29, 1.82) is 0 Å². The predicted molar refractivity (Wildman–Crippen MR) is 54.5 cm³/mol. The number of alkyl halides is 1. The van der Waals surface area contributed by atoms with Crippen LogP contribution in [-0.2, 0) is 4.79 Å². The van der Waals surface area contributed by atoms with E-state index in [-0.39, 0.29) is 12.3 Å². The zero-order valence-corrected chi connectivity index (χ0v) is 8.49. The highest BCUT2D eigenvalue weighted by molar-refractivity contribution is 6.19. The molecule has 0 aliphatic heterocycles. The minimum absolute atomic E-state index is 0.0975. The highest BCUT2D eigenvalue weighted by Gasteiger charge is 2.06. The Morgan fingerprint density at radius 2 is 2.00 bits per heavy atom. The lowest BCUT2D eigenvalue weighted by atomic mass is 10.4. The lowest BCUT2D eigenvalue weighted by molar-refractivity contribution is -0.119. The minimum Gasteiger partial charge on any atom is -0.305 e. The number of urea groups is 1. The molecular weight excluding hydrogens is 220 g/mol. The number of carbonyl (C=O) groups excluding carboxylic acids is 2. The molecule has 1 heterocycles. The van der Waals surface area contributed by atoms with Crippen molar-refractivity contribution in [2.45, 2.75) is 6.42 Å². The van der Waals surface area contributed by atoms with E-state index in [1.165, 1.54) is 18.7 Å². The van der Waals surface area contributed by atoms with Crippen LogP contribution >= 0.6 is 11.6 Å². The third-order valence-corrected chi connectivity index (χ3v) is 1.58. The van der Waals surface area contributed by atoms with E-state index < -0.39 is 11.9 Å². The van der Waals surface area contributed by atoms with Gasteiger partial charge in [0.25, 0.3) is 0 Å². The summed E-state index contributed by atoms with van der Waals surface area (Å²) >= 11 is 5.33. The van der Waals surface area contributed by atoms with E-state index in [2.05, 4.69) is 20.6 Å². The molecule has 0 aliphatic rings. The van der Waals surface area contributed by atoms with E-state index in [9.17, 15) is 9.59 Å². The molecule has 0 spiro atoms. The standard InChI is InChI=1S/C8H9ClN4O2/c9-2-1-7(14)13-8(15)12-6-3-10-5-11-4-6/h3-5H,1-2H2,(H2,12,13,14,15). The van der Waals surface area contributed by atoms with Gasteiger partial charge in [-0.3, -0.25) is 10.1 Å². The summed E-state index contributed by atoms with van der Waals surface area (Å²) in [6.07, 6.45) is 4.26. The van der Waals surface area contributed by atoms with Crippen molar-refractivity contribution in [2.24, 2.45) is 0 Å². The number of hydrogen-bond acceptors (Lipinski definition) is 4. The normalized spacial score (nSPS) is 9.40. The molecule has 0 atom stereocenters. The largest absolute Gasteiger partial charge is 0.325 e. The molecule has 0 saturated heterocycles. The average Bonchev–Trinajstić information content (AvgIpc) is 2.19. The molecule has 1 aromatic heterocycles. The molecule has 0 aliphatic carbocycles. The van der Waals surface area contributed by atoms with Gasteiger partial charge in [0.2, 0.25) is 5.91 Å². The summed E-state index contributed by atoms with van der Waals surface area (Å²) in [5, 5.41) is 4.49. The zero-order valence-electron chi connectivity index (χ0n) is 7.74. The highest BCUT2D eigenvalue weighted by atomic mass is 35.5. The maximum absolute atomic E-state index is 11.2. The first-order chi connectivity index (χ1) is 7.22. The molecule has 0 radical (unpaired) electrons. The summed E-state index contributed by atoms with van der Waals surface area (Å²) in [5.41, 5.74) is 0.411. The van der Waals surface area contributed by atoms with Gasteiger partial charge in [0.05, 0.1) is 18.1 Å². The molecule has 15 heavy (non-hydrogen) atoms. The molecule has 1 rings (SSSR count). The fraction of sp³-hybridized carbons (Fsp3) is 0.250. The van der Waals surface area contributed by atoms with Crippen LogP contribution in [-0.4, -0.2) is 27.8 Å². The lowest BCUT2D eigenvalue weighted by Crippen LogP contribution is -2.34. The maximum Gasteiger partial charge on any atom is 0.325 e. The minimum atomic E-state index is -0.625.